The number of benzene rings is 1. The Balaban J connectivity index is 2.77. The lowest BCUT2D eigenvalue weighted by Gasteiger charge is -2.10. The van der Waals surface area contributed by atoms with Crippen LogP contribution >= 0.6 is 0 Å². The van der Waals surface area contributed by atoms with Gasteiger partial charge in [-0.25, -0.2) is 4.79 Å². The molecule has 1 aromatic rings. The van der Waals surface area contributed by atoms with Crippen molar-refractivity contribution in [3.63, 3.8) is 0 Å². The van der Waals surface area contributed by atoms with Crippen LogP contribution in [0.3, 0.4) is 0 Å². The van der Waals surface area contributed by atoms with Gasteiger partial charge in [0, 0.05) is 6.42 Å². The first kappa shape index (κ1) is 11.6. The van der Waals surface area contributed by atoms with Crippen molar-refractivity contribution in [3.8, 4) is 0 Å². The molecule has 0 atom stereocenters. The van der Waals surface area contributed by atoms with Crippen LogP contribution in [0.5, 0.6) is 0 Å². The van der Waals surface area contributed by atoms with Crippen molar-refractivity contribution in [2.45, 2.75) is 25.7 Å². The maximum Gasteiger partial charge on any atom is 0.374 e. The van der Waals surface area contributed by atoms with Gasteiger partial charge in [0.25, 0.3) is 0 Å². The van der Waals surface area contributed by atoms with E-state index in [-0.39, 0.29) is 0 Å². The Hall–Kier alpha value is -1.45. The molecule has 0 radical (unpaired) electrons. The molecular weight excluding hydrogens is 202 g/mol. The number of carboxylic acids is 1. The molecule has 0 unspecified atom stereocenters. The molecule has 0 amide bonds. The van der Waals surface area contributed by atoms with Crippen LogP contribution in [0, 0.1) is 0 Å². The van der Waals surface area contributed by atoms with E-state index in [0.29, 0.717) is 5.56 Å². The molecule has 0 heterocycles. The van der Waals surface area contributed by atoms with Crippen LogP contribution in [0.2, 0.25) is 0 Å². The first-order valence-corrected chi connectivity index (χ1v) is 4.64. The fourth-order valence-electron chi connectivity index (χ4n) is 1.22. The Bertz CT molecular complexity index is 344. The third-order valence-corrected chi connectivity index (χ3v) is 2.17. The lowest BCUT2D eigenvalue weighted by atomic mass is 10.0. The minimum atomic E-state index is -3.69. The Morgan fingerprint density at radius 2 is 1.73 bits per heavy atom. The summed E-state index contributed by atoms with van der Waals surface area (Å²) in [5.41, 5.74) is 1.37. The average Bonchev–Trinajstić information content (AvgIpc) is 2.18. The molecule has 1 N–H and O–H groups in total. The fraction of sp³-hybridized carbons (Fsp3) is 0.364. The van der Waals surface area contributed by atoms with Crippen molar-refractivity contribution < 1.29 is 18.7 Å². The fourth-order valence-corrected chi connectivity index (χ4v) is 1.22. The zero-order chi connectivity index (χ0) is 11.5. The minimum Gasteiger partial charge on any atom is -0.477 e. The molecule has 1 rings (SSSR count). The zero-order valence-electron chi connectivity index (χ0n) is 8.34. The lowest BCUT2D eigenvalue weighted by Crippen LogP contribution is -2.30. The lowest BCUT2D eigenvalue weighted by molar-refractivity contribution is -0.164. The number of hydrogen-bond acceptors (Lipinski definition) is 1. The number of rotatable bonds is 4. The van der Waals surface area contributed by atoms with Crippen LogP contribution in [0.25, 0.3) is 0 Å². The Morgan fingerprint density at radius 1 is 1.27 bits per heavy atom. The Kier molecular flexibility index (Phi) is 3.39. The van der Waals surface area contributed by atoms with Crippen molar-refractivity contribution in [1.82, 2.24) is 0 Å². The highest BCUT2D eigenvalue weighted by Crippen LogP contribution is 2.20. The van der Waals surface area contributed by atoms with E-state index in [9.17, 15) is 13.6 Å². The van der Waals surface area contributed by atoms with Gasteiger partial charge in [0.15, 0.2) is 0 Å². The topological polar surface area (TPSA) is 37.3 Å². The third-order valence-electron chi connectivity index (χ3n) is 2.17. The average molecular weight is 214 g/mol. The number of halogens is 2. The van der Waals surface area contributed by atoms with Gasteiger partial charge in [0.2, 0.25) is 0 Å². The third kappa shape index (κ3) is 3.01. The standard InChI is InChI=1S/C11H12F2O2/c1-2-8-3-5-9(6-4-8)7-11(12,13)10(14)15/h3-6H,2,7H2,1H3,(H,14,15). The molecule has 15 heavy (non-hydrogen) atoms. The maximum atomic E-state index is 12.8. The number of aliphatic carboxylic acids is 1. The molecule has 0 aromatic heterocycles. The van der Waals surface area contributed by atoms with E-state index in [2.05, 4.69) is 0 Å². The number of carbonyl (C=O) groups is 1. The van der Waals surface area contributed by atoms with Gasteiger partial charge in [-0.1, -0.05) is 31.2 Å². The summed E-state index contributed by atoms with van der Waals surface area (Å²) in [6.45, 7) is 1.96. The van der Waals surface area contributed by atoms with Crippen molar-refractivity contribution in [3.05, 3.63) is 35.4 Å². The van der Waals surface area contributed by atoms with Crippen LogP contribution in [0.1, 0.15) is 18.1 Å². The summed E-state index contributed by atoms with van der Waals surface area (Å²) in [6, 6.07) is 6.53. The van der Waals surface area contributed by atoms with E-state index in [1.807, 2.05) is 6.92 Å². The molecule has 0 spiro atoms. The summed E-state index contributed by atoms with van der Waals surface area (Å²) >= 11 is 0. The van der Waals surface area contributed by atoms with Gasteiger partial charge in [0.05, 0.1) is 0 Å². The van der Waals surface area contributed by atoms with Crippen LogP contribution in [-0.2, 0) is 17.6 Å². The smallest absolute Gasteiger partial charge is 0.374 e. The van der Waals surface area contributed by atoms with Gasteiger partial charge >= 0.3 is 11.9 Å². The van der Waals surface area contributed by atoms with E-state index in [4.69, 9.17) is 5.11 Å². The number of hydrogen-bond donors (Lipinski definition) is 1. The summed E-state index contributed by atoms with van der Waals surface area (Å²) in [4.78, 5) is 10.2. The van der Waals surface area contributed by atoms with Gasteiger partial charge in [-0.15, -0.1) is 0 Å². The highest BCUT2D eigenvalue weighted by atomic mass is 19.3. The van der Waals surface area contributed by atoms with E-state index in [1.54, 1.807) is 12.1 Å². The van der Waals surface area contributed by atoms with Crippen molar-refractivity contribution >= 4 is 5.97 Å². The normalized spacial score (nSPS) is 11.4. The number of alkyl halides is 2. The predicted octanol–water partition coefficient (Wildman–Crippen LogP) is 2.51. The summed E-state index contributed by atoms with van der Waals surface area (Å²) in [7, 11) is 0. The van der Waals surface area contributed by atoms with Crippen LogP contribution in [0.15, 0.2) is 24.3 Å². The zero-order valence-corrected chi connectivity index (χ0v) is 8.34. The Morgan fingerprint density at radius 3 is 2.13 bits per heavy atom. The van der Waals surface area contributed by atoms with Gasteiger partial charge in [-0.3, -0.25) is 0 Å². The number of carboxylic acid groups (broad SMARTS) is 1. The first-order chi connectivity index (χ1) is 6.95. The van der Waals surface area contributed by atoms with Gasteiger partial charge < -0.3 is 5.11 Å². The monoisotopic (exact) mass is 214 g/mol. The second-order valence-electron chi connectivity index (χ2n) is 3.36. The quantitative estimate of drug-likeness (QED) is 0.836. The van der Waals surface area contributed by atoms with Gasteiger partial charge in [-0.2, -0.15) is 8.78 Å². The number of aryl methyl sites for hydroxylation is 1. The molecule has 0 fully saturated rings. The second-order valence-corrected chi connectivity index (χ2v) is 3.36. The van der Waals surface area contributed by atoms with Crippen LogP contribution < -0.4 is 0 Å². The minimum absolute atomic E-state index is 0.333. The van der Waals surface area contributed by atoms with Crippen molar-refractivity contribution in [1.29, 1.82) is 0 Å². The largest absolute Gasteiger partial charge is 0.477 e. The van der Waals surface area contributed by atoms with Crippen LogP contribution in [-0.4, -0.2) is 17.0 Å². The van der Waals surface area contributed by atoms with Crippen molar-refractivity contribution in [2.24, 2.45) is 0 Å². The molecule has 4 heteroatoms. The van der Waals surface area contributed by atoms with Crippen molar-refractivity contribution in [2.75, 3.05) is 0 Å². The van der Waals surface area contributed by atoms with E-state index >= 15 is 0 Å². The first-order valence-electron chi connectivity index (χ1n) is 4.64. The molecule has 0 aliphatic heterocycles. The molecule has 1 aromatic carbocycles. The molecule has 82 valence electrons. The molecule has 2 nitrogen and oxygen atoms in total. The predicted molar refractivity (Wildman–Crippen MR) is 52.1 cm³/mol. The van der Waals surface area contributed by atoms with Gasteiger partial charge in [0.1, 0.15) is 0 Å². The van der Waals surface area contributed by atoms with E-state index < -0.39 is 18.3 Å². The highest BCUT2D eigenvalue weighted by Gasteiger charge is 2.38. The summed E-state index contributed by atoms with van der Waals surface area (Å²) in [5.74, 6) is -5.77. The summed E-state index contributed by atoms with van der Waals surface area (Å²) in [6.07, 6.45) is 0.0714. The van der Waals surface area contributed by atoms with Gasteiger partial charge in [-0.05, 0) is 17.5 Å². The SMILES string of the molecule is CCc1ccc(CC(F)(F)C(=O)O)cc1. The molecule has 0 aliphatic rings. The summed E-state index contributed by atoms with van der Waals surface area (Å²) < 4.78 is 25.6. The summed E-state index contributed by atoms with van der Waals surface area (Å²) in [5, 5.41) is 8.25. The maximum absolute atomic E-state index is 12.8. The molecule has 0 aliphatic carbocycles. The molecular formula is C11H12F2O2. The van der Waals surface area contributed by atoms with E-state index in [1.165, 1.54) is 12.1 Å². The molecule has 0 saturated carbocycles. The van der Waals surface area contributed by atoms with Crippen LogP contribution in [0.4, 0.5) is 8.78 Å². The second kappa shape index (κ2) is 4.38. The highest BCUT2D eigenvalue weighted by molar-refractivity contribution is 5.75. The van der Waals surface area contributed by atoms with E-state index in [0.717, 1.165) is 12.0 Å². The molecule has 0 bridgehead atoms. The molecule has 0 saturated heterocycles. The Labute approximate surface area is 86.5 Å².